The number of carbonyl (C=O) groups excluding carboxylic acids is 2. The van der Waals surface area contributed by atoms with Gasteiger partial charge < -0.3 is 14.9 Å². The van der Waals surface area contributed by atoms with Gasteiger partial charge in [-0.1, -0.05) is 44.9 Å². The fourth-order valence-corrected chi connectivity index (χ4v) is 8.95. The number of piperazine rings is 1. The van der Waals surface area contributed by atoms with Crippen molar-refractivity contribution in [2.24, 2.45) is 23.7 Å². The molecule has 2 saturated heterocycles. The van der Waals surface area contributed by atoms with Gasteiger partial charge >= 0.3 is 0 Å². The molecule has 0 spiro atoms. The Morgan fingerprint density at radius 3 is 2.05 bits per heavy atom. The van der Waals surface area contributed by atoms with Crippen molar-refractivity contribution >= 4 is 11.8 Å². The van der Waals surface area contributed by atoms with Crippen LogP contribution < -0.4 is 5.48 Å². The van der Waals surface area contributed by atoms with E-state index in [-0.39, 0.29) is 18.1 Å². The number of aliphatic hydroxyl groups is 1. The number of nitrogens with one attached hydrogen (secondary N) is 1. The van der Waals surface area contributed by atoms with Crippen LogP contribution in [0.1, 0.15) is 116 Å². The number of nitrogens with zero attached hydrogens (tertiary/aromatic N) is 3. The molecule has 6 rings (SSSR count). The molecule has 6 fully saturated rings. The highest BCUT2D eigenvalue weighted by atomic mass is 16.7. The molecule has 2 amide bonds. The zero-order valence-electron chi connectivity index (χ0n) is 24.9. The Bertz CT molecular complexity index is 872. The number of hydrogen-bond acceptors (Lipinski definition) is 6. The molecule has 40 heavy (non-hydrogen) atoms. The zero-order chi connectivity index (χ0) is 27.7. The minimum Gasteiger partial charge on any atom is -0.380 e. The quantitative estimate of drug-likeness (QED) is 0.520. The van der Waals surface area contributed by atoms with Gasteiger partial charge in [-0.2, -0.15) is 5.48 Å². The molecule has 0 radical (unpaired) electrons. The first-order valence-electron chi connectivity index (χ1n) is 16.9. The van der Waals surface area contributed by atoms with Crippen molar-refractivity contribution in [3.8, 4) is 0 Å². The van der Waals surface area contributed by atoms with E-state index in [1.165, 1.54) is 83.5 Å². The van der Waals surface area contributed by atoms with Gasteiger partial charge in [0.2, 0.25) is 5.91 Å². The second-order valence-electron chi connectivity index (χ2n) is 14.2. The maximum Gasteiger partial charge on any atom is 0.254 e. The van der Waals surface area contributed by atoms with Gasteiger partial charge in [-0.25, -0.2) is 0 Å². The van der Waals surface area contributed by atoms with Crippen molar-refractivity contribution in [3.63, 3.8) is 0 Å². The Hall–Kier alpha value is -1.22. The Morgan fingerprint density at radius 1 is 0.750 bits per heavy atom. The van der Waals surface area contributed by atoms with Crippen LogP contribution in [0.2, 0.25) is 0 Å². The summed E-state index contributed by atoms with van der Waals surface area (Å²) in [5.41, 5.74) is 2.40. The lowest BCUT2D eigenvalue weighted by Gasteiger charge is -2.43. The van der Waals surface area contributed by atoms with Gasteiger partial charge in [-0.15, -0.1) is 0 Å². The molecule has 2 N–H and O–H groups in total. The van der Waals surface area contributed by atoms with Crippen LogP contribution in [0.15, 0.2) is 0 Å². The van der Waals surface area contributed by atoms with E-state index >= 15 is 0 Å². The van der Waals surface area contributed by atoms with Crippen LogP contribution in [0.5, 0.6) is 0 Å². The summed E-state index contributed by atoms with van der Waals surface area (Å²) in [6, 6.07) is 0.649. The molecule has 0 aromatic heterocycles. The van der Waals surface area contributed by atoms with Crippen LogP contribution in [0, 0.1) is 23.7 Å². The summed E-state index contributed by atoms with van der Waals surface area (Å²) in [7, 11) is 0. The van der Waals surface area contributed by atoms with Crippen molar-refractivity contribution in [3.05, 3.63) is 0 Å². The SMILES string of the molecule is CC1ONC(C2CCCC(C3CCC(C(=O)N4CCN(C(=O)C5(O)CC5)CC4)CC3)C2)N1C1CCCCCCC1. The van der Waals surface area contributed by atoms with Crippen LogP contribution in [0.4, 0.5) is 0 Å². The van der Waals surface area contributed by atoms with Crippen LogP contribution in [0.3, 0.4) is 0 Å². The van der Waals surface area contributed by atoms with E-state index in [0.717, 1.165) is 24.7 Å². The Morgan fingerprint density at radius 2 is 1.38 bits per heavy atom. The highest BCUT2D eigenvalue weighted by molar-refractivity contribution is 5.88. The van der Waals surface area contributed by atoms with Gasteiger partial charge in [-0.3, -0.25) is 19.3 Å². The minimum atomic E-state index is -1.10. The lowest BCUT2D eigenvalue weighted by molar-refractivity contribution is -0.148. The highest BCUT2D eigenvalue weighted by Crippen LogP contribution is 2.44. The summed E-state index contributed by atoms with van der Waals surface area (Å²) in [5, 5.41) is 10.2. The van der Waals surface area contributed by atoms with Crippen molar-refractivity contribution < 1.29 is 19.5 Å². The summed E-state index contributed by atoms with van der Waals surface area (Å²) in [6.45, 7) is 4.56. The van der Waals surface area contributed by atoms with Gasteiger partial charge in [0.05, 0.1) is 6.17 Å². The molecule has 2 heterocycles. The number of amides is 2. The summed E-state index contributed by atoms with van der Waals surface area (Å²) in [4.78, 5) is 38.3. The van der Waals surface area contributed by atoms with E-state index in [2.05, 4.69) is 17.3 Å². The maximum absolute atomic E-state index is 13.4. The lowest BCUT2D eigenvalue weighted by Crippen LogP contribution is -2.54. The van der Waals surface area contributed by atoms with Gasteiger partial charge in [-0.05, 0) is 88.9 Å². The molecule has 0 aromatic carbocycles. The average molecular weight is 559 g/mol. The zero-order valence-corrected chi connectivity index (χ0v) is 24.9. The molecular weight excluding hydrogens is 504 g/mol. The fourth-order valence-electron chi connectivity index (χ4n) is 8.95. The van der Waals surface area contributed by atoms with E-state index in [1.54, 1.807) is 4.90 Å². The van der Waals surface area contributed by atoms with E-state index in [0.29, 0.717) is 63.1 Å². The van der Waals surface area contributed by atoms with Gasteiger partial charge in [0.1, 0.15) is 11.8 Å². The minimum absolute atomic E-state index is 0.132. The molecule has 4 saturated carbocycles. The molecule has 0 aromatic rings. The lowest BCUT2D eigenvalue weighted by atomic mass is 9.68. The van der Waals surface area contributed by atoms with E-state index < -0.39 is 5.60 Å². The summed E-state index contributed by atoms with van der Waals surface area (Å²) >= 11 is 0. The Balaban J connectivity index is 0.980. The van der Waals surface area contributed by atoms with Crippen LogP contribution in [-0.2, 0) is 14.4 Å². The monoisotopic (exact) mass is 558 g/mol. The highest BCUT2D eigenvalue weighted by Gasteiger charge is 2.50. The fraction of sp³-hybridized carbons (Fsp3) is 0.938. The Kier molecular flexibility index (Phi) is 9.07. The molecule has 8 nitrogen and oxygen atoms in total. The summed E-state index contributed by atoms with van der Waals surface area (Å²) in [5.74, 6) is 2.48. The first kappa shape index (κ1) is 28.9. The number of rotatable bonds is 5. The number of carbonyl (C=O) groups is 2. The molecule has 4 unspecified atom stereocenters. The van der Waals surface area contributed by atoms with Crippen molar-refractivity contribution in [2.45, 2.75) is 140 Å². The molecule has 0 bridgehead atoms. The van der Waals surface area contributed by atoms with E-state index in [9.17, 15) is 14.7 Å². The topological polar surface area (TPSA) is 85.3 Å². The van der Waals surface area contributed by atoms with Crippen LogP contribution in [0.25, 0.3) is 0 Å². The van der Waals surface area contributed by atoms with Gasteiger partial charge in [0.15, 0.2) is 0 Å². The second kappa shape index (κ2) is 12.6. The third kappa shape index (κ3) is 6.25. The normalized spacial score (nSPS) is 38.0. The van der Waals surface area contributed by atoms with Crippen molar-refractivity contribution in [1.29, 1.82) is 0 Å². The van der Waals surface area contributed by atoms with E-state index in [4.69, 9.17) is 4.84 Å². The smallest absolute Gasteiger partial charge is 0.254 e. The summed E-state index contributed by atoms with van der Waals surface area (Å²) < 4.78 is 0. The molecule has 226 valence electrons. The van der Waals surface area contributed by atoms with Crippen molar-refractivity contribution in [2.75, 3.05) is 26.2 Å². The molecule has 4 atom stereocenters. The number of hydrogen-bond donors (Lipinski definition) is 2. The Labute approximate surface area is 241 Å². The standard InChI is InChI=1S/C32H54N4O4/c1-23-36(28-10-5-3-2-4-6-11-28)29(33-40-23)27-9-7-8-26(22-27)24-12-14-25(15-13-24)30(37)34-18-20-35(21-19-34)31(38)32(39)16-17-32/h23-29,33,39H,2-22H2,1H3. The van der Waals surface area contributed by atoms with Gasteiger partial charge in [0, 0.05) is 38.1 Å². The number of hydroxylamine groups is 1. The largest absolute Gasteiger partial charge is 0.380 e. The predicted octanol–water partition coefficient (Wildman–Crippen LogP) is 4.42. The molecule has 4 aliphatic carbocycles. The van der Waals surface area contributed by atoms with Crippen LogP contribution in [-0.4, -0.2) is 81.8 Å². The molecule has 8 heteroatoms. The van der Waals surface area contributed by atoms with Gasteiger partial charge in [0.25, 0.3) is 5.91 Å². The molecule has 2 aliphatic heterocycles. The third-order valence-corrected chi connectivity index (χ3v) is 11.6. The van der Waals surface area contributed by atoms with Crippen molar-refractivity contribution in [1.82, 2.24) is 20.2 Å². The summed E-state index contributed by atoms with van der Waals surface area (Å²) in [6.07, 6.45) is 20.8. The predicted molar refractivity (Wildman–Crippen MR) is 154 cm³/mol. The maximum atomic E-state index is 13.4. The second-order valence-corrected chi connectivity index (χ2v) is 14.2. The van der Waals surface area contributed by atoms with E-state index in [1.807, 2.05) is 4.90 Å². The average Bonchev–Trinajstić information content (AvgIpc) is 3.62. The molecule has 6 aliphatic rings. The molecular formula is C32H54N4O4. The third-order valence-electron chi connectivity index (χ3n) is 11.6. The first-order chi connectivity index (χ1) is 19.4. The van der Waals surface area contributed by atoms with Crippen LogP contribution >= 0.6 is 0 Å². The first-order valence-corrected chi connectivity index (χ1v) is 16.9.